The van der Waals surface area contributed by atoms with Crippen molar-refractivity contribution in [1.82, 2.24) is 5.32 Å². The fourth-order valence-corrected chi connectivity index (χ4v) is 3.57. The molecule has 1 saturated heterocycles. The minimum Gasteiger partial charge on any atom is -0.407 e. The lowest BCUT2D eigenvalue weighted by Crippen LogP contribution is -2.46. The van der Waals surface area contributed by atoms with Crippen molar-refractivity contribution < 1.29 is 28.6 Å². The summed E-state index contributed by atoms with van der Waals surface area (Å²) in [6.45, 7) is 0.152. The Morgan fingerprint density at radius 3 is 2.87 bits per heavy atom. The van der Waals surface area contributed by atoms with Crippen LogP contribution in [0.5, 0.6) is 0 Å². The summed E-state index contributed by atoms with van der Waals surface area (Å²) in [6.07, 6.45) is -0.152. The Bertz CT molecular complexity index is 1030. The quantitative estimate of drug-likeness (QED) is 0.665. The molecule has 1 fully saturated rings. The molecule has 2 aliphatic heterocycles. The van der Waals surface area contributed by atoms with Crippen molar-refractivity contribution in [3.63, 3.8) is 0 Å². The zero-order chi connectivity index (χ0) is 21.3. The number of nitrogens with zero attached hydrogens (tertiary/aromatic N) is 1. The number of hydrogen-bond donors (Lipinski definition) is 3. The summed E-state index contributed by atoms with van der Waals surface area (Å²) in [4.78, 5) is 37.7. The van der Waals surface area contributed by atoms with E-state index in [2.05, 4.69) is 10.6 Å². The van der Waals surface area contributed by atoms with Crippen molar-refractivity contribution in [3.05, 3.63) is 59.4 Å². The third-order valence-corrected chi connectivity index (χ3v) is 5.14. The van der Waals surface area contributed by atoms with E-state index in [1.165, 1.54) is 23.1 Å². The average Bonchev–Trinajstić information content (AvgIpc) is 3.00. The minimum absolute atomic E-state index is 0.0128. The molecule has 3 amide bonds. The molecule has 0 radical (unpaired) electrons. The van der Waals surface area contributed by atoms with Crippen LogP contribution >= 0.6 is 0 Å². The highest BCUT2D eigenvalue weighted by Gasteiger charge is 2.49. The summed E-state index contributed by atoms with van der Waals surface area (Å²) >= 11 is 0. The lowest BCUT2D eigenvalue weighted by Gasteiger charge is -2.24. The maximum absolute atomic E-state index is 13.2. The molecule has 2 heterocycles. The molecule has 30 heavy (non-hydrogen) atoms. The van der Waals surface area contributed by atoms with E-state index in [0.29, 0.717) is 29.8 Å². The van der Waals surface area contributed by atoms with Crippen molar-refractivity contribution in [3.8, 4) is 0 Å². The number of aryl methyl sites for hydroxylation is 1. The average molecular weight is 413 g/mol. The number of fused-ring (bicyclic) bond motifs is 1. The van der Waals surface area contributed by atoms with Crippen LogP contribution in [0.25, 0.3) is 0 Å². The Morgan fingerprint density at radius 1 is 1.23 bits per heavy atom. The molecule has 0 bridgehead atoms. The molecule has 2 aromatic carbocycles. The van der Waals surface area contributed by atoms with Crippen LogP contribution in [-0.2, 0) is 27.3 Å². The molecular formula is C21H20FN3O5. The predicted octanol–water partition coefficient (Wildman–Crippen LogP) is 2.06. The molecule has 2 aromatic rings. The molecule has 0 spiro atoms. The van der Waals surface area contributed by atoms with Gasteiger partial charge in [-0.2, -0.15) is 0 Å². The highest BCUT2D eigenvalue weighted by Crippen LogP contribution is 2.33. The number of amides is 3. The third-order valence-electron chi connectivity index (χ3n) is 5.14. The van der Waals surface area contributed by atoms with E-state index < -0.39 is 23.6 Å². The zero-order valence-corrected chi connectivity index (χ0v) is 16.0. The lowest BCUT2D eigenvalue weighted by molar-refractivity contribution is -0.175. The van der Waals surface area contributed by atoms with Gasteiger partial charge < -0.3 is 25.4 Å². The van der Waals surface area contributed by atoms with Gasteiger partial charge in [0.1, 0.15) is 5.82 Å². The van der Waals surface area contributed by atoms with Crippen LogP contribution in [-0.4, -0.2) is 35.3 Å². The number of benzene rings is 2. The van der Waals surface area contributed by atoms with Gasteiger partial charge in [0.2, 0.25) is 5.91 Å². The standard InChI is InChI=1S/C21H20FN3O5/c22-15-3-1-2-13(10-15)12-23-20(28)30-21(29)8-9-25(19(21)27)16-5-6-17-14(11-16)4-7-18(26)24-17/h1-3,5-6,10-11,29H,4,7-9,12H2,(H,23,28)(H,24,26)/t21-/m0/s1. The Morgan fingerprint density at radius 2 is 2.07 bits per heavy atom. The first kappa shape index (κ1) is 19.8. The SMILES string of the molecule is O=C1CCc2cc(N3CC[C@](O)(OC(=O)NCc4cccc(F)c4)C3=O)ccc2N1. The number of rotatable bonds is 4. The summed E-state index contributed by atoms with van der Waals surface area (Å²) in [5, 5.41) is 15.8. The van der Waals surface area contributed by atoms with E-state index in [0.717, 1.165) is 5.56 Å². The minimum atomic E-state index is -2.28. The van der Waals surface area contributed by atoms with Crippen LogP contribution in [0.4, 0.5) is 20.6 Å². The van der Waals surface area contributed by atoms with E-state index in [4.69, 9.17) is 4.74 Å². The fourth-order valence-electron chi connectivity index (χ4n) is 3.57. The Labute approximate surface area is 171 Å². The van der Waals surface area contributed by atoms with Crippen molar-refractivity contribution in [2.24, 2.45) is 0 Å². The molecule has 2 aliphatic rings. The van der Waals surface area contributed by atoms with Gasteiger partial charge in [0.25, 0.3) is 11.7 Å². The summed E-state index contributed by atoms with van der Waals surface area (Å²) in [7, 11) is 0. The molecule has 4 rings (SSSR count). The van der Waals surface area contributed by atoms with Gasteiger partial charge >= 0.3 is 6.09 Å². The van der Waals surface area contributed by atoms with Gasteiger partial charge in [-0.05, 0) is 47.9 Å². The summed E-state index contributed by atoms with van der Waals surface area (Å²) in [5.41, 5.74) is 2.66. The molecule has 8 nitrogen and oxygen atoms in total. The van der Waals surface area contributed by atoms with Crippen LogP contribution in [0.2, 0.25) is 0 Å². The Kier molecular flexibility index (Phi) is 5.13. The first-order valence-electron chi connectivity index (χ1n) is 9.52. The molecule has 0 saturated carbocycles. The van der Waals surface area contributed by atoms with Crippen LogP contribution < -0.4 is 15.5 Å². The maximum atomic E-state index is 13.2. The van der Waals surface area contributed by atoms with Gasteiger partial charge in [-0.15, -0.1) is 0 Å². The molecule has 0 aliphatic carbocycles. The predicted molar refractivity (Wildman–Crippen MR) is 105 cm³/mol. The monoisotopic (exact) mass is 413 g/mol. The van der Waals surface area contributed by atoms with Crippen molar-refractivity contribution in [2.75, 3.05) is 16.8 Å². The number of carbonyl (C=O) groups excluding carboxylic acids is 3. The fraction of sp³-hybridized carbons (Fsp3) is 0.286. The zero-order valence-electron chi connectivity index (χ0n) is 16.0. The van der Waals surface area contributed by atoms with Crippen LogP contribution in [0.3, 0.4) is 0 Å². The molecule has 0 aromatic heterocycles. The summed E-state index contributed by atoms with van der Waals surface area (Å²) < 4.78 is 18.2. The van der Waals surface area contributed by atoms with Gasteiger partial charge in [-0.25, -0.2) is 9.18 Å². The Hall–Kier alpha value is -3.46. The first-order chi connectivity index (χ1) is 14.3. The maximum Gasteiger partial charge on any atom is 0.410 e. The summed E-state index contributed by atoms with van der Waals surface area (Å²) in [6, 6.07) is 10.8. The molecule has 0 unspecified atom stereocenters. The number of aliphatic hydroxyl groups is 1. The van der Waals surface area contributed by atoms with Gasteiger partial charge in [0, 0.05) is 37.3 Å². The van der Waals surface area contributed by atoms with Crippen LogP contribution in [0.1, 0.15) is 24.0 Å². The normalized spacial score (nSPS) is 20.5. The van der Waals surface area contributed by atoms with E-state index in [9.17, 15) is 23.9 Å². The molecule has 9 heteroatoms. The third kappa shape index (κ3) is 3.97. The number of hydrogen-bond acceptors (Lipinski definition) is 5. The van der Waals surface area contributed by atoms with E-state index >= 15 is 0 Å². The smallest absolute Gasteiger partial charge is 0.407 e. The molecule has 156 valence electrons. The highest BCUT2D eigenvalue weighted by atomic mass is 19.1. The van der Waals surface area contributed by atoms with Gasteiger partial charge in [0.15, 0.2) is 0 Å². The number of alkyl carbamates (subject to hydrolysis) is 1. The van der Waals surface area contributed by atoms with Crippen molar-refractivity contribution in [1.29, 1.82) is 0 Å². The number of carbonyl (C=O) groups is 3. The first-order valence-corrected chi connectivity index (χ1v) is 9.52. The lowest BCUT2D eigenvalue weighted by atomic mass is 10.0. The molecule has 1 atom stereocenters. The van der Waals surface area contributed by atoms with Crippen LogP contribution in [0.15, 0.2) is 42.5 Å². The van der Waals surface area contributed by atoms with Gasteiger partial charge in [0.05, 0.1) is 0 Å². The number of nitrogens with one attached hydrogen (secondary N) is 2. The van der Waals surface area contributed by atoms with Gasteiger partial charge in [-0.3, -0.25) is 9.59 Å². The Balaban J connectivity index is 1.40. The van der Waals surface area contributed by atoms with E-state index in [1.807, 2.05) is 0 Å². The second-order valence-corrected chi connectivity index (χ2v) is 7.25. The van der Waals surface area contributed by atoms with E-state index in [-0.39, 0.29) is 25.4 Å². The topological polar surface area (TPSA) is 108 Å². The van der Waals surface area contributed by atoms with Crippen molar-refractivity contribution in [2.45, 2.75) is 31.6 Å². The highest BCUT2D eigenvalue weighted by molar-refractivity contribution is 6.02. The number of anilines is 2. The summed E-state index contributed by atoms with van der Waals surface area (Å²) in [5.74, 6) is -3.52. The molecular weight excluding hydrogens is 393 g/mol. The molecule has 3 N–H and O–H groups in total. The largest absolute Gasteiger partial charge is 0.410 e. The van der Waals surface area contributed by atoms with Crippen molar-refractivity contribution >= 4 is 29.3 Å². The second-order valence-electron chi connectivity index (χ2n) is 7.25. The van der Waals surface area contributed by atoms with Crippen LogP contribution in [0, 0.1) is 5.82 Å². The van der Waals surface area contributed by atoms with E-state index in [1.54, 1.807) is 24.3 Å². The second kappa shape index (κ2) is 7.75. The van der Waals surface area contributed by atoms with Gasteiger partial charge in [-0.1, -0.05) is 12.1 Å². The number of halogens is 1. The number of ether oxygens (including phenoxy) is 1.